The van der Waals surface area contributed by atoms with E-state index in [1.54, 1.807) is 13.1 Å². The first-order valence-corrected chi connectivity index (χ1v) is 11.5. The first-order valence-electron chi connectivity index (χ1n) is 9.82. The van der Waals surface area contributed by atoms with Crippen LogP contribution >= 0.6 is 22.7 Å². The number of esters is 1. The molecule has 1 N–H and O–H groups in total. The normalized spacial score (nSPS) is 10.7. The number of thiazole rings is 1. The largest absolute Gasteiger partial charge is 0.454 e. The lowest BCUT2D eigenvalue weighted by Crippen LogP contribution is -2.11. The fourth-order valence-electron chi connectivity index (χ4n) is 2.79. The smallest absolute Gasteiger partial charge is 0.350 e. The van der Waals surface area contributed by atoms with Gasteiger partial charge in [-0.15, -0.1) is 21.5 Å². The molecule has 162 valence electrons. The molecule has 0 saturated heterocycles. The van der Waals surface area contributed by atoms with Crippen molar-refractivity contribution in [1.29, 1.82) is 0 Å². The zero-order valence-electron chi connectivity index (χ0n) is 17.4. The van der Waals surface area contributed by atoms with Crippen molar-refractivity contribution in [3.8, 4) is 10.7 Å². The third kappa shape index (κ3) is 5.04. The molecule has 10 heteroatoms. The van der Waals surface area contributed by atoms with Crippen molar-refractivity contribution < 1.29 is 14.3 Å². The lowest BCUT2D eigenvalue weighted by Gasteiger charge is -2.03. The Balaban J connectivity index is 1.36. The number of nitrogens with one attached hydrogen (secondary N) is 1. The Morgan fingerprint density at radius 1 is 1.06 bits per heavy atom. The number of aryl methyl sites for hydroxylation is 2. The number of amides is 1. The van der Waals surface area contributed by atoms with Crippen molar-refractivity contribution in [2.24, 2.45) is 0 Å². The number of carbonyl (C=O) groups is 2. The molecule has 1 aromatic carbocycles. The quantitative estimate of drug-likeness (QED) is 0.399. The van der Waals surface area contributed by atoms with Gasteiger partial charge >= 0.3 is 5.97 Å². The third-order valence-corrected chi connectivity index (χ3v) is 6.53. The lowest BCUT2D eigenvalue weighted by atomic mass is 10.1. The molecule has 3 aromatic heterocycles. The van der Waals surface area contributed by atoms with Gasteiger partial charge in [0.2, 0.25) is 5.01 Å². The molecular formula is C22H19N5O3S2. The zero-order chi connectivity index (χ0) is 22.5. The third-order valence-electron chi connectivity index (χ3n) is 4.47. The molecule has 1 amide bonds. The average molecular weight is 466 g/mol. The van der Waals surface area contributed by atoms with Crippen LogP contribution in [0.2, 0.25) is 0 Å². The van der Waals surface area contributed by atoms with Gasteiger partial charge in [-0.05, 0) is 43.2 Å². The van der Waals surface area contributed by atoms with Crippen molar-refractivity contribution in [2.45, 2.75) is 26.9 Å². The maximum atomic E-state index is 12.5. The molecule has 0 unspecified atom stereocenters. The van der Waals surface area contributed by atoms with Gasteiger partial charge in [-0.3, -0.25) is 9.78 Å². The van der Waals surface area contributed by atoms with E-state index in [4.69, 9.17) is 4.74 Å². The molecule has 0 saturated carbocycles. The predicted octanol–water partition coefficient (Wildman–Crippen LogP) is 4.54. The van der Waals surface area contributed by atoms with Crippen LogP contribution in [-0.2, 0) is 17.8 Å². The van der Waals surface area contributed by atoms with Crippen LogP contribution in [0.3, 0.4) is 0 Å². The molecule has 8 nitrogen and oxygen atoms in total. The number of ether oxygens (including phenoxy) is 1. The maximum absolute atomic E-state index is 12.5. The van der Waals surface area contributed by atoms with Crippen LogP contribution in [0.15, 0.2) is 48.7 Å². The van der Waals surface area contributed by atoms with Gasteiger partial charge in [0.1, 0.15) is 16.5 Å². The van der Waals surface area contributed by atoms with E-state index in [2.05, 4.69) is 32.4 Å². The van der Waals surface area contributed by atoms with E-state index in [-0.39, 0.29) is 17.5 Å². The van der Waals surface area contributed by atoms with Crippen LogP contribution in [-0.4, -0.2) is 32.0 Å². The molecule has 0 spiro atoms. The van der Waals surface area contributed by atoms with Crippen LogP contribution in [0.1, 0.15) is 42.7 Å². The van der Waals surface area contributed by atoms with E-state index in [0.29, 0.717) is 32.0 Å². The molecule has 4 rings (SSSR count). The van der Waals surface area contributed by atoms with E-state index in [1.165, 1.54) is 16.9 Å². The summed E-state index contributed by atoms with van der Waals surface area (Å²) < 4.78 is 5.37. The summed E-state index contributed by atoms with van der Waals surface area (Å²) in [5, 5.41) is 11.9. The second kappa shape index (κ2) is 9.75. The van der Waals surface area contributed by atoms with E-state index < -0.39 is 5.97 Å². The van der Waals surface area contributed by atoms with Gasteiger partial charge in [0.05, 0.1) is 11.4 Å². The van der Waals surface area contributed by atoms with E-state index >= 15 is 0 Å². The minimum absolute atomic E-state index is 0.0781. The van der Waals surface area contributed by atoms with Gasteiger partial charge in [-0.25, -0.2) is 9.78 Å². The van der Waals surface area contributed by atoms with E-state index in [0.717, 1.165) is 17.8 Å². The van der Waals surface area contributed by atoms with Gasteiger partial charge < -0.3 is 10.1 Å². The van der Waals surface area contributed by atoms with Crippen LogP contribution < -0.4 is 5.32 Å². The van der Waals surface area contributed by atoms with Gasteiger partial charge in [0.15, 0.2) is 5.01 Å². The Morgan fingerprint density at radius 3 is 2.59 bits per heavy atom. The number of anilines is 1. The summed E-state index contributed by atoms with van der Waals surface area (Å²) in [5.74, 6) is -0.859. The molecule has 3 heterocycles. The van der Waals surface area contributed by atoms with Crippen molar-refractivity contribution in [3.63, 3.8) is 0 Å². The Morgan fingerprint density at radius 2 is 1.88 bits per heavy atom. The van der Waals surface area contributed by atoms with Crippen LogP contribution in [0, 0.1) is 6.92 Å². The molecule has 0 radical (unpaired) electrons. The summed E-state index contributed by atoms with van der Waals surface area (Å²) in [4.78, 5) is 34.0. The minimum Gasteiger partial charge on any atom is -0.454 e. The van der Waals surface area contributed by atoms with Crippen molar-refractivity contribution in [3.05, 3.63) is 74.8 Å². The molecule has 32 heavy (non-hydrogen) atoms. The molecule has 0 aliphatic rings. The highest BCUT2D eigenvalue weighted by Crippen LogP contribution is 2.27. The second-order valence-corrected chi connectivity index (χ2v) is 8.79. The Kier molecular flexibility index (Phi) is 6.62. The van der Waals surface area contributed by atoms with Crippen LogP contribution in [0.4, 0.5) is 5.69 Å². The number of rotatable bonds is 7. The maximum Gasteiger partial charge on any atom is 0.350 e. The fraction of sp³-hybridized carbons (Fsp3) is 0.182. The highest BCUT2D eigenvalue weighted by atomic mass is 32.1. The highest BCUT2D eigenvalue weighted by Gasteiger charge is 2.20. The highest BCUT2D eigenvalue weighted by molar-refractivity contribution is 7.17. The summed E-state index contributed by atoms with van der Waals surface area (Å²) in [7, 11) is 0. The summed E-state index contributed by atoms with van der Waals surface area (Å²) in [6, 6.07) is 13.1. The topological polar surface area (TPSA) is 107 Å². The van der Waals surface area contributed by atoms with Gasteiger partial charge in [-0.1, -0.05) is 36.5 Å². The number of hydrogen-bond acceptors (Lipinski definition) is 9. The molecule has 4 aromatic rings. The number of pyridine rings is 1. The summed E-state index contributed by atoms with van der Waals surface area (Å²) in [5.41, 5.74) is 3.14. The summed E-state index contributed by atoms with van der Waals surface area (Å²) in [6.45, 7) is 3.74. The zero-order valence-corrected chi connectivity index (χ0v) is 19.0. The Hall–Kier alpha value is -3.50. The summed E-state index contributed by atoms with van der Waals surface area (Å²) >= 11 is 2.30. The molecule has 0 aliphatic heterocycles. The Bertz CT molecular complexity index is 1240. The number of aromatic nitrogens is 4. The number of nitrogens with zero attached hydrogens (tertiary/aromatic N) is 4. The molecule has 0 atom stereocenters. The number of carbonyl (C=O) groups excluding carboxylic acids is 2. The molecule has 0 aliphatic carbocycles. The first-order chi connectivity index (χ1) is 15.5. The first kappa shape index (κ1) is 21.7. The van der Waals surface area contributed by atoms with E-state index in [9.17, 15) is 9.59 Å². The molecular weight excluding hydrogens is 446 g/mol. The fourth-order valence-corrected chi connectivity index (χ4v) is 4.37. The SMILES string of the molecule is CCc1ccc(NC(=O)c2nnc(COC(=O)c3sc(-c4ccccn4)nc3C)s2)cc1. The van der Waals surface area contributed by atoms with Crippen molar-refractivity contribution >= 4 is 40.2 Å². The van der Waals surface area contributed by atoms with E-state index in [1.807, 2.05) is 42.5 Å². The van der Waals surface area contributed by atoms with Gasteiger partial charge in [0.25, 0.3) is 5.91 Å². The molecule has 0 fully saturated rings. The van der Waals surface area contributed by atoms with Crippen LogP contribution in [0.25, 0.3) is 10.7 Å². The number of benzene rings is 1. The Labute approximate surface area is 192 Å². The van der Waals surface area contributed by atoms with Gasteiger partial charge in [0, 0.05) is 11.9 Å². The minimum atomic E-state index is -0.501. The predicted molar refractivity (Wildman–Crippen MR) is 123 cm³/mol. The standard InChI is InChI=1S/C22H19N5O3S2/c1-3-14-7-9-15(10-8-14)25-19(28)21-27-26-17(31-21)12-30-22(29)18-13(2)24-20(32-18)16-6-4-5-11-23-16/h4-11H,3,12H2,1-2H3,(H,25,28). The van der Waals surface area contributed by atoms with Gasteiger partial charge in [-0.2, -0.15) is 0 Å². The second-order valence-electron chi connectivity index (χ2n) is 6.73. The number of hydrogen-bond donors (Lipinski definition) is 1. The average Bonchev–Trinajstić information content (AvgIpc) is 3.45. The van der Waals surface area contributed by atoms with Crippen molar-refractivity contribution in [2.75, 3.05) is 5.32 Å². The monoisotopic (exact) mass is 465 g/mol. The van der Waals surface area contributed by atoms with Crippen molar-refractivity contribution in [1.82, 2.24) is 20.2 Å². The lowest BCUT2D eigenvalue weighted by molar-refractivity contribution is 0.0476. The molecule has 0 bridgehead atoms. The summed E-state index contributed by atoms with van der Waals surface area (Å²) in [6.07, 6.45) is 2.60. The van der Waals surface area contributed by atoms with Crippen LogP contribution in [0.5, 0.6) is 0 Å².